The van der Waals surface area contributed by atoms with Crippen LogP contribution in [0.25, 0.3) is 10.2 Å². The highest BCUT2D eigenvalue weighted by Gasteiger charge is 2.30. The van der Waals surface area contributed by atoms with E-state index in [2.05, 4.69) is 16.4 Å². The third-order valence-electron chi connectivity index (χ3n) is 4.28. The molecule has 1 aliphatic rings. The minimum absolute atomic E-state index is 0.0159. The third-order valence-corrected chi connectivity index (χ3v) is 5.38. The number of carbonyl (C=O) groups is 2. The fourth-order valence-corrected chi connectivity index (χ4v) is 4.07. The molecule has 1 fully saturated rings. The number of hydrogen-bond donors (Lipinski definition) is 2. The van der Waals surface area contributed by atoms with Gasteiger partial charge in [0.15, 0.2) is 0 Å². The van der Waals surface area contributed by atoms with Gasteiger partial charge in [-0.3, -0.25) is 9.59 Å². The zero-order chi connectivity index (χ0) is 16.2. The number of carbonyl (C=O) groups excluding carboxylic acids is 1. The van der Waals surface area contributed by atoms with Crippen LogP contribution in [-0.4, -0.2) is 28.0 Å². The third kappa shape index (κ3) is 4.07. The number of benzene rings is 1. The molecule has 1 aromatic heterocycles. The van der Waals surface area contributed by atoms with E-state index in [0.717, 1.165) is 29.8 Å². The molecule has 2 atom stereocenters. The van der Waals surface area contributed by atoms with Crippen LogP contribution < -0.4 is 5.32 Å². The lowest BCUT2D eigenvalue weighted by Crippen LogP contribution is -2.33. The zero-order valence-corrected chi connectivity index (χ0v) is 13.6. The van der Waals surface area contributed by atoms with Crippen molar-refractivity contribution in [2.24, 2.45) is 5.92 Å². The van der Waals surface area contributed by atoms with Gasteiger partial charge in [-0.15, -0.1) is 11.3 Å². The summed E-state index contributed by atoms with van der Waals surface area (Å²) in [6.45, 7) is 0. The molecule has 6 heteroatoms. The van der Waals surface area contributed by atoms with Gasteiger partial charge in [-0.2, -0.15) is 0 Å². The second kappa shape index (κ2) is 7.08. The Kier molecular flexibility index (Phi) is 4.91. The van der Waals surface area contributed by atoms with E-state index < -0.39 is 5.97 Å². The van der Waals surface area contributed by atoms with Crippen LogP contribution in [0.15, 0.2) is 24.3 Å². The Hall–Kier alpha value is -1.95. The van der Waals surface area contributed by atoms with Crippen molar-refractivity contribution in [3.63, 3.8) is 0 Å². The largest absolute Gasteiger partial charge is 0.481 e. The fraction of sp³-hybridized carbons (Fsp3) is 0.471. The molecule has 1 amide bonds. The molecule has 3 rings (SSSR count). The van der Waals surface area contributed by atoms with Crippen molar-refractivity contribution in [2.75, 3.05) is 0 Å². The van der Waals surface area contributed by atoms with E-state index in [-0.39, 0.29) is 17.9 Å². The molecule has 0 saturated heterocycles. The topological polar surface area (TPSA) is 79.3 Å². The van der Waals surface area contributed by atoms with Crippen molar-refractivity contribution in [2.45, 2.75) is 44.6 Å². The Bertz CT molecular complexity index is 680. The van der Waals surface area contributed by atoms with Gasteiger partial charge in [0.25, 0.3) is 0 Å². The number of nitrogens with one attached hydrogen (secondary N) is 1. The van der Waals surface area contributed by atoms with Crippen LogP contribution in [0.4, 0.5) is 0 Å². The summed E-state index contributed by atoms with van der Waals surface area (Å²) in [6, 6.07) is 8.06. The predicted octanol–water partition coefficient (Wildman–Crippen LogP) is 2.99. The molecule has 5 nitrogen and oxygen atoms in total. The van der Waals surface area contributed by atoms with Gasteiger partial charge in [0.05, 0.1) is 21.1 Å². The minimum atomic E-state index is -0.752. The highest BCUT2D eigenvalue weighted by molar-refractivity contribution is 7.18. The van der Waals surface area contributed by atoms with Crippen molar-refractivity contribution in [1.82, 2.24) is 10.3 Å². The molecule has 1 heterocycles. The van der Waals surface area contributed by atoms with Crippen molar-refractivity contribution in [1.29, 1.82) is 0 Å². The van der Waals surface area contributed by atoms with Gasteiger partial charge < -0.3 is 10.4 Å². The SMILES string of the molecule is O=C(CCCc1nc2ccccc2s1)N[C@H]1CC[C@@H](C(=O)O)C1. The molecule has 2 N–H and O–H groups in total. The van der Waals surface area contributed by atoms with E-state index in [1.807, 2.05) is 18.2 Å². The average Bonchev–Trinajstić information content (AvgIpc) is 3.13. The van der Waals surface area contributed by atoms with Crippen LogP contribution in [-0.2, 0) is 16.0 Å². The first kappa shape index (κ1) is 15.9. The number of thiazole rings is 1. The number of fused-ring (bicyclic) bond motifs is 1. The lowest BCUT2D eigenvalue weighted by atomic mass is 10.1. The van der Waals surface area contributed by atoms with Crippen LogP contribution in [0, 0.1) is 5.92 Å². The van der Waals surface area contributed by atoms with E-state index in [0.29, 0.717) is 19.3 Å². The molecule has 1 saturated carbocycles. The number of amides is 1. The van der Waals surface area contributed by atoms with Crippen LogP contribution >= 0.6 is 11.3 Å². The highest BCUT2D eigenvalue weighted by atomic mass is 32.1. The second-order valence-electron chi connectivity index (χ2n) is 6.04. The van der Waals surface area contributed by atoms with Crippen LogP contribution in [0.1, 0.15) is 37.1 Å². The summed E-state index contributed by atoms with van der Waals surface area (Å²) in [7, 11) is 0. The summed E-state index contributed by atoms with van der Waals surface area (Å²) >= 11 is 1.68. The van der Waals surface area contributed by atoms with Gasteiger partial charge in [0, 0.05) is 12.5 Å². The van der Waals surface area contributed by atoms with Gasteiger partial charge in [0.1, 0.15) is 0 Å². The molecular weight excluding hydrogens is 312 g/mol. The molecule has 1 aliphatic carbocycles. The normalized spacial score (nSPS) is 20.7. The van der Waals surface area contributed by atoms with Crippen LogP contribution in [0.5, 0.6) is 0 Å². The second-order valence-corrected chi connectivity index (χ2v) is 7.16. The maximum atomic E-state index is 12.0. The summed E-state index contributed by atoms with van der Waals surface area (Å²) in [5.74, 6) is -1.04. The standard InChI is InChI=1S/C17H20N2O3S/c20-15(18-12-9-8-11(10-12)17(21)22)6-3-7-16-19-13-4-1-2-5-14(13)23-16/h1-2,4-5,11-12H,3,6-10H2,(H,18,20)(H,21,22)/t11-,12+/m1/s1. The number of hydrogen-bond acceptors (Lipinski definition) is 4. The average molecular weight is 332 g/mol. The maximum Gasteiger partial charge on any atom is 0.306 e. The Labute approximate surface area is 138 Å². The number of rotatable bonds is 6. The summed E-state index contributed by atoms with van der Waals surface area (Å²) in [6.07, 6.45) is 4.01. The predicted molar refractivity (Wildman–Crippen MR) is 89.5 cm³/mol. The number of nitrogens with zero attached hydrogens (tertiary/aromatic N) is 1. The van der Waals surface area contributed by atoms with E-state index in [1.165, 1.54) is 4.70 Å². The monoisotopic (exact) mass is 332 g/mol. The van der Waals surface area contributed by atoms with Gasteiger partial charge >= 0.3 is 5.97 Å². The highest BCUT2D eigenvalue weighted by Crippen LogP contribution is 2.26. The lowest BCUT2D eigenvalue weighted by Gasteiger charge is -2.12. The minimum Gasteiger partial charge on any atom is -0.481 e. The lowest BCUT2D eigenvalue weighted by molar-refractivity contribution is -0.141. The van der Waals surface area contributed by atoms with E-state index in [9.17, 15) is 9.59 Å². The van der Waals surface area contributed by atoms with Gasteiger partial charge in [-0.05, 0) is 44.2 Å². The number of aryl methyl sites for hydroxylation is 1. The van der Waals surface area contributed by atoms with E-state index >= 15 is 0 Å². The van der Waals surface area contributed by atoms with Crippen LogP contribution in [0.2, 0.25) is 0 Å². The number of aromatic nitrogens is 1. The van der Waals surface area contributed by atoms with Crippen molar-refractivity contribution >= 4 is 33.4 Å². The summed E-state index contributed by atoms with van der Waals surface area (Å²) in [4.78, 5) is 27.4. The molecule has 1 aromatic carbocycles. The number of carboxylic acids is 1. The molecule has 2 aromatic rings. The first-order valence-electron chi connectivity index (χ1n) is 7.98. The quantitative estimate of drug-likeness (QED) is 0.852. The zero-order valence-electron chi connectivity index (χ0n) is 12.8. The molecule has 122 valence electrons. The van der Waals surface area contributed by atoms with E-state index in [1.54, 1.807) is 11.3 Å². The first-order chi connectivity index (χ1) is 11.1. The molecule has 0 radical (unpaired) electrons. The van der Waals surface area contributed by atoms with Gasteiger partial charge in [-0.25, -0.2) is 4.98 Å². The van der Waals surface area contributed by atoms with E-state index in [4.69, 9.17) is 5.11 Å². The van der Waals surface area contributed by atoms with Crippen molar-refractivity contribution < 1.29 is 14.7 Å². The smallest absolute Gasteiger partial charge is 0.306 e. The molecule has 0 aliphatic heterocycles. The summed E-state index contributed by atoms with van der Waals surface area (Å²) in [5, 5.41) is 13.0. The molecule has 0 unspecified atom stereocenters. The van der Waals surface area contributed by atoms with Crippen LogP contribution in [0.3, 0.4) is 0 Å². The molecule has 23 heavy (non-hydrogen) atoms. The van der Waals surface area contributed by atoms with Crippen molar-refractivity contribution in [3.8, 4) is 0 Å². The first-order valence-corrected chi connectivity index (χ1v) is 8.80. The summed E-state index contributed by atoms with van der Waals surface area (Å²) in [5.41, 5.74) is 1.02. The molecular formula is C17H20N2O3S. The Morgan fingerprint density at radius 3 is 2.87 bits per heavy atom. The Morgan fingerprint density at radius 2 is 2.13 bits per heavy atom. The Balaban J connectivity index is 1.42. The van der Waals surface area contributed by atoms with Gasteiger partial charge in [-0.1, -0.05) is 12.1 Å². The maximum absolute atomic E-state index is 12.0. The summed E-state index contributed by atoms with van der Waals surface area (Å²) < 4.78 is 1.18. The fourth-order valence-electron chi connectivity index (χ4n) is 3.06. The number of para-hydroxylation sites is 1. The Morgan fingerprint density at radius 1 is 1.30 bits per heavy atom. The number of carboxylic acid groups (broad SMARTS) is 1. The molecule has 0 bridgehead atoms. The molecule has 0 spiro atoms. The number of aliphatic carboxylic acids is 1. The van der Waals surface area contributed by atoms with Gasteiger partial charge in [0.2, 0.25) is 5.91 Å². The van der Waals surface area contributed by atoms with Crippen molar-refractivity contribution in [3.05, 3.63) is 29.3 Å².